The Hall–Kier alpha value is -2.63. The lowest BCUT2D eigenvalue weighted by Gasteiger charge is -2.04. The molecule has 0 bridgehead atoms. The van der Waals surface area contributed by atoms with Crippen molar-refractivity contribution in [1.82, 2.24) is 9.55 Å². The highest BCUT2D eigenvalue weighted by Crippen LogP contribution is 2.27. The van der Waals surface area contributed by atoms with Gasteiger partial charge in [0.2, 0.25) is 0 Å². The summed E-state index contributed by atoms with van der Waals surface area (Å²) >= 11 is 12.3. The number of hydrogen-bond acceptors (Lipinski definition) is 3. The van der Waals surface area contributed by atoms with Crippen LogP contribution in [-0.2, 0) is 7.05 Å². The summed E-state index contributed by atoms with van der Waals surface area (Å²) in [6.07, 6.45) is 5.35. The van der Waals surface area contributed by atoms with E-state index in [-0.39, 0.29) is 5.69 Å². The molecule has 3 aromatic rings. The summed E-state index contributed by atoms with van der Waals surface area (Å²) in [6, 6.07) is 11.7. The van der Waals surface area contributed by atoms with Gasteiger partial charge in [0.05, 0.1) is 16.8 Å². The van der Waals surface area contributed by atoms with Gasteiger partial charge < -0.3 is 4.57 Å². The molecule has 0 N–H and O–H groups in total. The van der Waals surface area contributed by atoms with Gasteiger partial charge in [-0.15, -0.1) is 0 Å². The zero-order chi connectivity index (χ0) is 18.0. The van der Waals surface area contributed by atoms with E-state index in [1.807, 2.05) is 23.8 Å². The van der Waals surface area contributed by atoms with Crippen LogP contribution in [0.25, 0.3) is 23.4 Å². The molecule has 0 amide bonds. The minimum atomic E-state index is -0.422. The minimum absolute atomic E-state index is 0.0550. The summed E-state index contributed by atoms with van der Waals surface area (Å²) in [5, 5.41) is 11.9. The Balaban J connectivity index is 1.91. The zero-order valence-electron chi connectivity index (χ0n) is 13.2. The van der Waals surface area contributed by atoms with Gasteiger partial charge in [0.15, 0.2) is 0 Å². The van der Waals surface area contributed by atoms with Crippen LogP contribution >= 0.6 is 23.2 Å². The van der Waals surface area contributed by atoms with Crippen LogP contribution in [0.2, 0.25) is 10.0 Å². The summed E-state index contributed by atoms with van der Waals surface area (Å²) in [6.45, 7) is 0. The van der Waals surface area contributed by atoms with Gasteiger partial charge in [-0.05, 0) is 36.4 Å². The number of rotatable bonds is 4. The largest absolute Gasteiger partial charge is 0.328 e. The second-order valence-corrected chi connectivity index (χ2v) is 6.15. The molecular weight excluding hydrogens is 361 g/mol. The van der Waals surface area contributed by atoms with E-state index in [4.69, 9.17) is 23.2 Å². The van der Waals surface area contributed by atoms with E-state index >= 15 is 0 Å². The number of aromatic nitrogens is 2. The molecule has 0 radical (unpaired) electrons. The van der Waals surface area contributed by atoms with Gasteiger partial charge in [0, 0.05) is 40.4 Å². The van der Waals surface area contributed by atoms with Crippen molar-refractivity contribution in [1.29, 1.82) is 0 Å². The molecule has 126 valence electrons. The van der Waals surface area contributed by atoms with Crippen molar-refractivity contribution in [3.05, 3.63) is 80.2 Å². The molecule has 0 aliphatic carbocycles. The van der Waals surface area contributed by atoms with E-state index in [9.17, 15) is 10.1 Å². The van der Waals surface area contributed by atoms with E-state index in [1.165, 1.54) is 12.1 Å². The Morgan fingerprint density at radius 3 is 2.32 bits per heavy atom. The molecule has 2 aromatic carbocycles. The van der Waals surface area contributed by atoms with Crippen LogP contribution in [0.4, 0.5) is 5.69 Å². The fraction of sp³-hybridized carbons (Fsp3) is 0.0556. The first-order valence-electron chi connectivity index (χ1n) is 7.36. The molecule has 0 saturated heterocycles. The Labute approximate surface area is 154 Å². The molecule has 0 aliphatic rings. The second kappa shape index (κ2) is 7.09. The molecule has 5 nitrogen and oxygen atoms in total. The predicted molar refractivity (Wildman–Crippen MR) is 101 cm³/mol. The molecular formula is C18H13Cl2N3O2. The Kier molecular flexibility index (Phi) is 4.88. The lowest BCUT2D eigenvalue weighted by molar-refractivity contribution is -0.384. The smallest absolute Gasteiger partial charge is 0.269 e. The number of nitro groups is 1. The van der Waals surface area contributed by atoms with E-state index in [0.29, 0.717) is 15.9 Å². The van der Waals surface area contributed by atoms with E-state index in [2.05, 4.69) is 4.98 Å². The summed E-state index contributed by atoms with van der Waals surface area (Å²) in [7, 11) is 1.87. The monoisotopic (exact) mass is 373 g/mol. The lowest BCUT2D eigenvalue weighted by atomic mass is 10.1. The van der Waals surface area contributed by atoms with Crippen LogP contribution in [0.1, 0.15) is 11.4 Å². The molecule has 3 rings (SSSR count). The summed E-state index contributed by atoms with van der Waals surface area (Å²) in [5.41, 5.74) is 2.47. The molecule has 0 atom stereocenters. The molecule has 0 spiro atoms. The molecule has 0 fully saturated rings. The average Bonchev–Trinajstić information content (AvgIpc) is 2.95. The number of nitro benzene ring substituents is 1. The number of non-ortho nitro benzene ring substituents is 1. The van der Waals surface area contributed by atoms with Crippen molar-refractivity contribution in [3.8, 4) is 11.3 Å². The number of nitrogens with zero attached hydrogens (tertiary/aromatic N) is 3. The summed E-state index contributed by atoms with van der Waals surface area (Å²) in [5.74, 6) is 0.712. The van der Waals surface area contributed by atoms with Gasteiger partial charge in [-0.3, -0.25) is 10.1 Å². The SMILES string of the molecule is Cn1c(-c2ccc([N+](=O)[O-])cc2)cnc1/C=C/c1c(Cl)cccc1Cl. The minimum Gasteiger partial charge on any atom is -0.328 e. The van der Waals surface area contributed by atoms with Crippen LogP contribution in [0, 0.1) is 10.1 Å². The highest BCUT2D eigenvalue weighted by molar-refractivity contribution is 6.37. The van der Waals surface area contributed by atoms with Crippen LogP contribution in [0.5, 0.6) is 0 Å². The van der Waals surface area contributed by atoms with Crippen molar-refractivity contribution >= 4 is 41.0 Å². The Bertz CT molecular complexity index is 943. The average molecular weight is 374 g/mol. The third-order valence-electron chi connectivity index (χ3n) is 3.80. The highest BCUT2D eigenvalue weighted by atomic mass is 35.5. The Morgan fingerprint density at radius 2 is 1.72 bits per heavy atom. The predicted octanol–water partition coefficient (Wildman–Crippen LogP) is 5.47. The van der Waals surface area contributed by atoms with Gasteiger partial charge in [-0.2, -0.15) is 0 Å². The quantitative estimate of drug-likeness (QED) is 0.449. The molecule has 1 heterocycles. The van der Waals surface area contributed by atoms with Gasteiger partial charge >= 0.3 is 0 Å². The number of hydrogen-bond donors (Lipinski definition) is 0. The van der Waals surface area contributed by atoms with Crippen LogP contribution < -0.4 is 0 Å². The van der Waals surface area contributed by atoms with Crippen molar-refractivity contribution in [2.45, 2.75) is 0 Å². The molecule has 0 unspecified atom stereocenters. The molecule has 0 aliphatic heterocycles. The Morgan fingerprint density at radius 1 is 1.08 bits per heavy atom. The van der Waals surface area contributed by atoms with Crippen molar-refractivity contribution < 1.29 is 4.92 Å². The molecule has 7 heteroatoms. The van der Waals surface area contributed by atoms with Crippen molar-refractivity contribution in [2.24, 2.45) is 7.05 Å². The topological polar surface area (TPSA) is 61.0 Å². The van der Waals surface area contributed by atoms with Crippen molar-refractivity contribution in [2.75, 3.05) is 0 Å². The van der Waals surface area contributed by atoms with E-state index < -0.39 is 4.92 Å². The van der Waals surface area contributed by atoms with Gasteiger partial charge in [-0.25, -0.2) is 4.98 Å². The summed E-state index contributed by atoms with van der Waals surface area (Å²) < 4.78 is 1.89. The van der Waals surface area contributed by atoms with Crippen LogP contribution in [-0.4, -0.2) is 14.5 Å². The van der Waals surface area contributed by atoms with Gasteiger partial charge in [-0.1, -0.05) is 29.3 Å². The van der Waals surface area contributed by atoms with Gasteiger partial charge in [0.25, 0.3) is 5.69 Å². The fourth-order valence-electron chi connectivity index (χ4n) is 2.43. The zero-order valence-corrected chi connectivity index (χ0v) is 14.7. The first-order valence-corrected chi connectivity index (χ1v) is 8.11. The molecule has 25 heavy (non-hydrogen) atoms. The first kappa shape index (κ1) is 17.2. The number of halogens is 2. The normalized spacial score (nSPS) is 11.2. The van der Waals surface area contributed by atoms with E-state index in [1.54, 1.807) is 36.5 Å². The highest BCUT2D eigenvalue weighted by Gasteiger charge is 2.10. The maximum Gasteiger partial charge on any atom is 0.269 e. The number of imidazole rings is 1. The van der Waals surface area contributed by atoms with Crippen LogP contribution in [0.3, 0.4) is 0 Å². The maximum absolute atomic E-state index is 10.8. The van der Waals surface area contributed by atoms with Crippen LogP contribution in [0.15, 0.2) is 48.7 Å². The standard InChI is InChI=1S/C18H13Cl2N3O2/c1-22-17(12-5-7-13(8-6-12)23(24)25)11-21-18(22)10-9-14-15(19)3-2-4-16(14)20/h2-11H,1H3/b10-9+. The number of benzene rings is 2. The molecule has 0 saturated carbocycles. The fourth-order valence-corrected chi connectivity index (χ4v) is 2.95. The maximum atomic E-state index is 10.8. The molecule has 1 aromatic heterocycles. The first-order chi connectivity index (χ1) is 12.0. The third kappa shape index (κ3) is 3.57. The van der Waals surface area contributed by atoms with Crippen molar-refractivity contribution in [3.63, 3.8) is 0 Å². The second-order valence-electron chi connectivity index (χ2n) is 5.33. The van der Waals surface area contributed by atoms with Gasteiger partial charge in [0.1, 0.15) is 5.82 Å². The van der Waals surface area contributed by atoms with E-state index in [0.717, 1.165) is 16.8 Å². The third-order valence-corrected chi connectivity index (χ3v) is 4.46. The lowest BCUT2D eigenvalue weighted by Crippen LogP contribution is -1.95. The summed E-state index contributed by atoms with van der Waals surface area (Å²) in [4.78, 5) is 14.7.